The Bertz CT molecular complexity index is 1100. The second kappa shape index (κ2) is 6.96. The minimum absolute atomic E-state index is 0.0396. The minimum atomic E-state index is -4.45. The summed E-state index contributed by atoms with van der Waals surface area (Å²) in [6.45, 7) is 0.786. The zero-order chi connectivity index (χ0) is 20.8. The number of nitrogen functional groups attached to an aromatic ring is 1. The Morgan fingerprint density at radius 3 is 2.66 bits per heavy atom. The van der Waals surface area contributed by atoms with Crippen LogP contribution in [-0.4, -0.2) is 32.8 Å². The number of nitrogens with two attached hydrogens (primary N) is 1. The number of carbonyl (C=O) groups is 1. The van der Waals surface area contributed by atoms with Gasteiger partial charge in [0.2, 0.25) is 0 Å². The number of aromatic nitrogens is 3. The van der Waals surface area contributed by atoms with Gasteiger partial charge in [-0.15, -0.1) is 0 Å². The number of pyridine rings is 3. The molecule has 2 N–H and O–H groups in total. The summed E-state index contributed by atoms with van der Waals surface area (Å²) in [5.41, 5.74) is 7.88. The predicted octanol–water partition coefficient (Wildman–Crippen LogP) is 2.93. The summed E-state index contributed by atoms with van der Waals surface area (Å²) in [7, 11) is 1.53. The standard InChI is InChI=1S/C19H16F3N5O2/c1-27(7-11-3-2-10(5-24-11)19(20,21)22)18(28)15-4-12-13-8-29-9-14(13)17(23)26-16(12)6-25-15/h2-6H,7-9H2,1H3,(H2,23,26). The molecule has 4 heterocycles. The quantitative estimate of drug-likeness (QED) is 0.723. The van der Waals surface area contributed by atoms with Crippen LogP contribution < -0.4 is 5.73 Å². The van der Waals surface area contributed by atoms with Crippen molar-refractivity contribution in [2.45, 2.75) is 25.9 Å². The lowest BCUT2D eigenvalue weighted by Crippen LogP contribution is -2.27. The maximum Gasteiger partial charge on any atom is 0.417 e. The Morgan fingerprint density at radius 1 is 1.21 bits per heavy atom. The molecule has 1 amide bonds. The molecule has 1 aliphatic heterocycles. The van der Waals surface area contributed by atoms with Crippen LogP contribution in [0.4, 0.5) is 19.0 Å². The van der Waals surface area contributed by atoms with Crippen LogP contribution in [0.3, 0.4) is 0 Å². The maximum atomic E-state index is 12.8. The number of fused-ring (bicyclic) bond motifs is 3. The van der Waals surface area contributed by atoms with Gasteiger partial charge in [0.25, 0.3) is 5.91 Å². The molecule has 0 spiro atoms. The first-order valence-corrected chi connectivity index (χ1v) is 8.66. The van der Waals surface area contributed by atoms with Gasteiger partial charge in [0.15, 0.2) is 0 Å². The van der Waals surface area contributed by atoms with Crippen LogP contribution in [-0.2, 0) is 30.7 Å². The highest BCUT2D eigenvalue weighted by molar-refractivity contribution is 5.97. The van der Waals surface area contributed by atoms with Crippen molar-refractivity contribution in [1.29, 1.82) is 0 Å². The monoisotopic (exact) mass is 403 g/mol. The van der Waals surface area contributed by atoms with E-state index < -0.39 is 17.6 Å². The SMILES string of the molecule is CN(Cc1ccc(C(F)(F)F)cn1)C(=O)c1cc2c3c(c(N)nc2cn1)COC3. The van der Waals surface area contributed by atoms with Gasteiger partial charge in [-0.3, -0.25) is 9.78 Å². The second-order valence-electron chi connectivity index (χ2n) is 6.73. The summed E-state index contributed by atoms with van der Waals surface area (Å²) in [4.78, 5) is 26.4. The molecular formula is C19H16F3N5O2. The third kappa shape index (κ3) is 3.58. The van der Waals surface area contributed by atoms with Crippen molar-refractivity contribution < 1.29 is 22.7 Å². The summed E-state index contributed by atoms with van der Waals surface area (Å²) < 4.78 is 43.4. The van der Waals surface area contributed by atoms with Crippen molar-refractivity contribution in [3.63, 3.8) is 0 Å². The van der Waals surface area contributed by atoms with E-state index in [1.807, 2.05) is 0 Å². The summed E-state index contributed by atoms with van der Waals surface area (Å²) in [6.07, 6.45) is -2.23. The number of hydrogen-bond acceptors (Lipinski definition) is 6. The molecule has 0 unspecified atom stereocenters. The van der Waals surface area contributed by atoms with Gasteiger partial charge in [-0.05, 0) is 23.8 Å². The molecule has 0 aromatic carbocycles. The zero-order valence-corrected chi connectivity index (χ0v) is 15.3. The van der Waals surface area contributed by atoms with Gasteiger partial charge in [0.05, 0.1) is 42.7 Å². The predicted molar refractivity (Wildman–Crippen MR) is 97.5 cm³/mol. The number of nitrogens with zero attached hydrogens (tertiary/aromatic N) is 4. The molecule has 0 bridgehead atoms. The van der Waals surface area contributed by atoms with Gasteiger partial charge in [-0.25, -0.2) is 9.97 Å². The Hall–Kier alpha value is -3.27. The molecule has 0 fully saturated rings. The lowest BCUT2D eigenvalue weighted by atomic mass is 10.1. The molecule has 7 nitrogen and oxygen atoms in total. The number of halogens is 3. The van der Waals surface area contributed by atoms with E-state index in [-0.39, 0.29) is 12.2 Å². The lowest BCUT2D eigenvalue weighted by molar-refractivity contribution is -0.137. The number of alkyl halides is 3. The maximum absolute atomic E-state index is 12.8. The second-order valence-corrected chi connectivity index (χ2v) is 6.73. The van der Waals surface area contributed by atoms with Crippen LogP contribution in [0.25, 0.3) is 10.9 Å². The number of carbonyl (C=O) groups excluding carboxylic acids is 1. The fourth-order valence-corrected chi connectivity index (χ4v) is 3.19. The Labute approximate surface area is 163 Å². The molecule has 29 heavy (non-hydrogen) atoms. The molecule has 150 valence electrons. The fourth-order valence-electron chi connectivity index (χ4n) is 3.19. The topological polar surface area (TPSA) is 94.2 Å². The molecule has 0 radical (unpaired) electrons. The van der Waals surface area contributed by atoms with Gasteiger partial charge in [0, 0.05) is 24.2 Å². The molecular weight excluding hydrogens is 387 g/mol. The van der Waals surface area contributed by atoms with Crippen molar-refractivity contribution >= 4 is 22.6 Å². The molecule has 0 aliphatic carbocycles. The van der Waals surface area contributed by atoms with Crippen molar-refractivity contribution in [3.05, 3.63) is 58.7 Å². The Morgan fingerprint density at radius 2 is 1.97 bits per heavy atom. The molecule has 4 rings (SSSR count). The van der Waals surface area contributed by atoms with Crippen LogP contribution in [0, 0.1) is 0 Å². The van der Waals surface area contributed by atoms with E-state index in [0.29, 0.717) is 30.2 Å². The molecule has 0 saturated heterocycles. The Kier molecular flexibility index (Phi) is 4.58. The van der Waals surface area contributed by atoms with Crippen LogP contribution in [0.5, 0.6) is 0 Å². The zero-order valence-electron chi connectivity index (χ0n) is 15.3. The smallest absolute Gasteiger partial charge is 0.383 e. The number of amides is 1. The molecule has 1 aliphatic rings. The van der Waals surface area contributed by atoms with E-state index >= 15 is 0 Å². The summed E-state index contributed by atoms with van der Waals surface area (Å²) in [6, 6.07) is 3.82. The summed E-state index contributed by atoms with van der Waals surface area (Å²) >= 11 is 0. The van der Waals surface area contributed by atoms with E-state index in [4.69, 9.17) is 10.5 Å². The van der Waals surface area contributed by atoms with Crippen molar-refractivity contribution in [3.8, 4) is 0 Å². The van der Waals surface area contributed by atoms with Crippen LogP contribution in [0.1, 0.15) is 32.9 Å². The number of ether oxygens (including phenoxy) is 1. The summed E-state index contributed by atoms with van der Waals surface area (Å²) in [5.74, 6) is -0.00513. The molecule has 3 aromatic heterocycles. The van der Waals surface area contributed by atoms with Gasteiger partial charge in [-0.2, -0.15) is 13.2 Å². The van der Waals surface area contributed by atoms with Gasteiger partial charge < -0.3 is 15.4 Å². The molecule has 3 aromatic rings. The highest BCUT2D eigenvalue weighted by Gasteiger charge is 2.30. The molecule has 0 atom stereocenters. The van der Waals surface area contributed by atoms with E-state index in [9.17, 15) is 18.0 Å². The van der Waals surface area contributed by atoms with Gasteiger partial charge >= 0.3 is 6.18 Å². The van der Waals surface area contributed by atoms with Crippen LogP contribution >= 0.6 is 0 Å². The average molecular weight is 403 g/mol. The molecule has 10 heteroatoms. The van der Waals surface area contributed by atoms with Crippen molar-refractivity contribution in [2.75, 3.05) is 12.8 Å². The van der Waals surface area contributed by atoms with E-state index in [1.54, 1.807) is 6.07 Å². The molecule has 0 saturated carbocycles. The third-order valence-corrected chi connectivity index (χ3v) is 4.73. The lowest BCUT2D eigenvalue weighted by Gasteiger charge is -2.17. The first kappa shape index (κ1) is 19.1. The highest BCUT2D eigenvalue weighted by Crippen LogP contribution is 2.31. The number of rotatable bonds is 3. The third-order valence-electron chi connectivity index (χ3n) is 4.73. The highest BCUT2D eigenvalue weighted by atomic mass is 19.4. The number of hydrogen-bond donors (Lipinski definition) is 1. The Balaban J connectivity index is 1.57. The number of anilines is 1. The first-order chi connectivity index (χ1) is 13.7. The van der Waals surface area contributed by atoms with E-state index in [2.05, 4.69) is 15.0 Å². The van der Waals surface area contributed by atoms with E-state index in [0.717, 1.165) is 28.8 Å². The fraction of sp³-hybridized carbons (Fsp3) is 0.263. The summed E-state index contributed by atoms with van der Waals surface area (Å²) in [5, 5.41) is 0.742. The largest absolute Gasteiger partial charge is 0.417 e. The van der Waals surface area contributed by atoms with Crippen LogP contribution in [0.15, 0.2) is 30.6 Å². The van der Waals surface area contributed by atoms with Gasteiger partial charge in [-0.1, -0.05) is 0 Å². The average Bonchev–Trinajstić information content (AvgIpc) is 3.18. The van der Waals surface area contributed by atoms with Crippen molar-refractivity contribution in [1.82, 2.24) is 19.9 Å². The minimum Gasteiger partial charge on any atom is -0.383 e. The van der Waals surface area contributed by atoms with Gasteiger partial charge in [0.1, 0.15) is 11.5 Å². The van der Waals surface area contributed by atoms with Crippen molar-refractivity contribution in [2.24, 2.45) is 0 Å². The normalized spacial score (nSPS) is 13.5. The van der Waals surface area contributed by atoms with E-state index in [1.165, 1.54) is 24.2 Å². The first-order valence-electron chi connectivity index (χ1n) is 8.66. The van der Waals surface area contributed by atoms with Crippen LogP contribution in [0.2, 0.25) is 0 Å².